The van der Waals surface area contributed by atoms with Crippen molar-refractivity contribution in [1.82, 2.24) is 9.80 Å². The summed E-state index contributed by atoms with van der Waals surface area (Å²) in [5, 5.41) is 11.6. The third-order valence-corrected chi connectivity index (χ3v) is 6.15. The number of ether oxygens (including phenoxy) is 2. The van der Waals surface area contributed by atoms with E-state index in [0.29, 0.717) is 53.3 Å². The lowest BCUT2D eigenvalue weighted by molar-refractivity contribution is -0.140. The van der Waals surface area contributed by atoms with Gasteiger partial charge >= 0.3 is 0 Å². The van der Waals surface area contributed by atoms with Gasteiger partial charge in [0.25, 0.3) is 11.7 Å². The van der Waals surface area contributed by atoms with E-state index in [1.807, 2.05) is 25.1 Å². The third-order valence-electron chi connectivity index (χ3n) is 5.90. The first kappa shape index (κ1) is 26.6. The number of hydrogen-bond donors (Lipinski definition) is 1. The highest BCUT2D eigenvalue weighted by molar-refractivity contribution is 6.46. The van der Waals surface area contributed by atoms with Crippen LogP contribution in [-0.4, -0.2) is 67.5 Å². The molecule has 8 heteroatoms. The average Bonchev–Trinajstić information content (AvgIpc) is 3.07. The molecule has 1 saturated heterocycles. The van der Waals surface area contributed by atoms with Gasteiger partial charge in [-0.3, -0.25) is 9.59 Å². The van der Waals surface area contributed by atoms with Gasteiger partial charge in [-0.1, -0.05) is 31.5 Å². The SMILES string of the molecule is COc1cc(C2/C(=C(\O)c3ccc(Cl)cc3)C(=O)C(=O)N2CCN(C)C)ccc1OCCC(C)C. The summed E-state index contributed by atoms with van der Waals surface area (Å²) in [5.41, 5.74) is 1.09. The van der Waals surface area contributed by atoms with Gasteiger partial charge in [-0.2, -0.15) is 0 Å². The minimum atomic E-state index is -0.774. The first-order valence-corrected chi connectivity index (χ1v) is 12.0. The molecule has 1 aliphatic rings. The van der Waals surface area contributed by atoms with Crippen LogP contribution in [0.4, 0.5) is 0 Å². The maximum atomic E-state index is 13.1. The van der Waals surface area contributed by atoms with Gasteiger partial charge < -0.3 is 24.4 Å². The number of aliphatic hydroxyl groups excluding tert-OH is 1. The zero-order valence-corrected chi connectivity index (χ0v) is 21.6. The average molecular weight is 501 g/mol. The smallest absolute Gasteiger partial charge is 0.295 e. The first-order valence-electron chi connectivity index (χ1n) is 11.6. The Hall–Kier alpha value is -3.03. The van der Waals surface area contributed by atoms with E-state index in [-0.39, 0.29) is 11.3 Å². The fourth-order valence-electron chi connectivity index (χ4n) is 3.91. The lowest BCUT2D eigenvalue weighted by atomic mass is 9.95. The second-order valence-corrected chi connectivity index (χ2v) is 9.68. The monoisotopic (exact) mass is 500 g/mol. The molecule has 7 nitrogen and oxygen atoms in total. The van der Waals surface area contributed by atoms with Crippen molar-refractivity contribution in [1.29, 1.82) is 0 Å². The number of aliphatic hydroxyl groups is 1. The number of hydrogen-bond acceptors (Lipinski definition) is 6. The van der Waals surface area contributed by atoms with Crippen molar-refractivity contribution < 1.29 is 24.2 Å². The molecule has 0 radical (unpaired) electrons. The molecule has 3 rings (SSSR count). The number of likely N-dealkylation sites (tertiary alicyclic amines) is 1. The Morgan fingerprint density at radius 3 is 2.40 bits per heavy atom. The zero-order chi connectivity index (χ0) is 25.7. The van der Waals surface area contributed by atoms with E-state index < -0.39 is 17.7 Å². The second-order valence-electron chi connectivity index (χ2n) is 9.24. The Morgan fingerprint density at radius 1 is 1.11 bits per heavy atom. The summed E-state index contributed by atoms with van der Waals surface area (Å²) in [5.74, 6) is -0.0324. The van der Waals surface area contributed by atoms with Gasteiger partial charge in [0.05, 0.1) is 25.3 Å². The summed E-state index contributed by atoms with van der Waals surface area (Å²) in [6.07, 6.45) is 0.900. The first-order chi connectivity index (χ1) is 16.6. The van der Waals surface area contributed by atoms with E-state index in [4.69, 9.17) is 21.1 Å². The number of ketones is 1. The molecule has 1 heterocycles. The van der Waals surface area contributed by atoms with Gasteiger partial charge in [0.2, 0.25) is 0 Å². The summed E-state index contributed by atoms with van der Waals surface area (Å²) in [7, 11) is 5.34. The summed E-state index contributed by atoms with van der Waals surface area (Å²) >= 11 is 5.99. The predicted molar refractivity (Wildman–Crippen MR) is 137 cm³/mol. The minimum Gasteiger partial charge on any atom is -0.507 e. The van der Waals surface area contributed by atoms with Crippen LogP contribution in [0.3, 0.4) is 0 Å². The number of halogens is 1. The number of benzene rings is 2. The molecule has 0 aromatic heterocycles. The number of carbonyl (C=O) groups is 2. The van der Waals surface area contributed by atoms with Crippen molar-refractivity contribution in [3.8, 4) is 11.5 Å². The number of methoxy groups -OCH3 is 1. The normalized spacial score (nSPS) is 17.5. The number of amides is 1. The maximum absolute atomic E-state index is 13.1. The third kappa shape index (κ3) is 6.16. The van der Waals surface area contributed by atoms with E-state index in [2.05, 4.69) is 13.8 Å². The molecule has 188 valence electrons. The van der Waals surface area contributed by atoms with Crippen molar-refractivity contribution in [3.63, 3.8) is 0 Å². The van der Waals surface area contributed by atoms with Gasteiger partial charge in [-0.15, -0.1) is 0 Å². The fourth-order valence-corrected chi connectivity index (χ4v) is 4.03. The number of Topliss-reactive ketones (excluding diaryl/α,β-unsaturated/α-hetero) is 1. The fraction of sp³-hybridized carbons (Fsp3) is 0.407. The molecule has 0 saturated carbocycles. The number of nitrogens with zero attached hydrogens (tertiary/aromatic N) is 2. The highest BCUT2D eigenvalue weighted by atomic mass is 35.5. The highest BCUT2D eigenvalue weighted by Crippen LogP contribution is 2.42. The topological polar surface area (TPSA) is 79.3 Å². The maximum Gasteiger partial charge on any atom is 0.295 e. The summed E-state index contributed by atoms with van der Waals surface area (Å²) in [6.45, 7) is 5.67. The van der Waals surface area contributed by atoms with Crippen molar-refractivity contribution >= 4 is 29.1 Å². The Labute approximate surface area is 211 Å². The van der Waals surface area contributed by atoms with Gasteiger partial charge in [0.1, 0.15) is 5.76 Å². The van der Waals surface area contributed by atoms with Crippen LogP contribution in [0.5, 0.6) is 11.5 Å². The second kappa shape index (κ2) is 11.6. The van der Waals surface area contributed by atoms with Crippen LogP contribution in [0.25, 0.3) is 5.76 Å². The van der Waals surface area contributed by atoms with E-state index in [1.54, 1.807) is 43.5 Å². The summed E-state index contributed by atoms with van der Waals surface area (Å²) in [4.78, 5) is 29.6. The zero-order valence-electron chi connectivity index (χ0n) is 20.9. The molecule has 1 unspecified atom stereocenters. The molecule has 1 atom stereocenters. The van der Waals surface area contributed by atoms with E-state index in [9.17, 15) is 14.7 Å². The Bertz CT molecular complexity index is 1100. The molecule has 1 amide bonds. The molecular formula is C27H33ClN2O5. The van der Waals surface area contributed by atoms with Gasteiger partial charge in [-0.05, 0) is 68.4 Å². The quantitative estimate of drug-likeness (QED) is 0.288. The van der Waals surface area contributed by atoms with Crippen molar-refractivity contribution in [2.75, 3.05) is 40.9 Å². The van der Waals surface area contributed by atoms with Crippen LogP contribution in [0.15, 0.2) is 48.0 Å². The number of carbonyl (C=O) groups excluding carboxylic acids is 2. The molecule has 0 aliphatic carbocycles. The number of rotatable bonds is 10. The van der Waals surface area contributed by atoms with Crippen LogP contribution in [0, 0.1) is 5.92 Å². The molecule has 0 bridgehead atoms. The standard InChI is InChI=1S/C27H33ClN2O5/c1-17(2)12-15-35-21-11-8-19(16-22(21)34-5)24-23(25(31)18-6-9-20(28)10-7-18)26(32)27(33)30(24)14-13-29(3)4/h6-11,16-17,24,31H,12-15H2,1-5H3/b25-23+. The molecule has 1 aliphatic heterocycles. The largest absolute Gasteiger partial charge is 0.507 e. The molecule has 35 heavy (non-hydrogen) atoms. The van der Waals surface area contributed by atoms with Crippen LogP contribution >= 0.6 is 11.6 Å². The van der Waals surface area contributed by atoms with Gasteiger partial charge in [-0.25, -0.2) is 0 Å². The van der Waals surface area contributed by atoms with Crippen LogP contribution in [0.2, 0.25) is 5.02 Å². The summed E-state index contributed by atoms with van der Waals surface area (Å²) < 4.78 is 11.5. The number of likely N-dealkylation sites (N-methyl/N-ethyl adjacent to an activating group) is 1. The molecule has 0 spiro atoms. The molecular weight excluding hydrogens is 468 g/mol. The Balaban J connectivity index is 2.08. The molecule has 2 aromatic rings. The van der Waals surface area contributed by atoms with Crippen LogP contribution in [0.1, 0.15) is 37.4 Å². The Kier molecular flexibility index (Phi) is 8.81. The van der Waals surface area contributed by atoms with Crippen molar-refractivity contribution in [2.24, 2.45) is 5.92 Å². The molecule has 1 fully saturated rings. The highest BCUT2D eigenvalue weighted by Gasteiger charge is 2.46. The van der Waals surface area contributed by atoms with E-state index in [0.717, 1.165) is 6.42 Å². The lowest BCUT2D eigenvalue weighted by Crippen LogP contribution is -2.35. The lowest BCUT2D eigenvalue weighted by Gasteiger charge is -2.27. The van der Waals surface area contributed by atoms with Gasteiger partial charge in [0, 0.05) is 23.7 Å². The van der Waals surface area contributed by atoms with E-state index in [1.165, 1.54) is 4.90 Å². The van der Waals surface area contributed by atoms with Crippen molar-refractivity contribution in [2.45, 2.75) is 26.3 Å². The summed E-state index contributed by atoms with van der Waals surface area (Å²) in [6, 6.07) is 11.1. The Morgan fingerprint density at radius 2 is 1.80 bits per heavy atom. The van der Waals surface area contributed by atoms with E-state index >= 15 is 0 Å². The molecule has 1 N–H and O–H groups in total. The minimum absolute atomic E-state index is 0.0339. The predicted octanol–water partition coefficient (Wildman–Crippen LogP) is 4.76. The molecule has 2 aromatic carbocycles. The van der Waals surface area contributed by atoms with Crippen LogP contribution in [-0.2, 0) is 9.59 Å². The van der Waals surface area contributed by atoms with Crippen LogP contribution < -0.4 is 9.47 Å². The van der Waals surface area contributed by atoms with Crippen molar-refractivity contribution in [3.05, 3.63) is 64.2 Å². The van der Waals surface area contributed by atoms with Gasteiger partial charge in [0.15, 0.2) is 11.5 Å².